The van der Waals surface area contributed by atoms with Gasteiger partial charge in [0.25, 0.3) is 16.0 Å². The summed E-state index contributed by atoms with van der Waals surface area (Å²) in [5.74, 6) is -0.362. The smallest absolute Gasteiger partial charge is 0.294 e. The molecule has 3 aromatic carbocycles. The van der Waals surface area contributed by atoms with Gasteiger partial charge in [-0.2, -0.15) is 8.42 Å². The van der Waals surface area contributed by atoms with Crippen molar-refractivity contribution < 1.29 is 17.8 Å². The van der Waals surface area contributed by atoms with Crippen LogP contribution in [0.3, 0.4) is 0 Å². The van der Waals surface area contributed by atoms with E-state index in [0.717, 1.165) is 17.5 Å². The van der Waals surface area contributed by atoms with Gasteiger partial charge in [-0.3, -0.25) is 9.35 Å². The van der Waals surface area contributed by atoms with Crippen LogP contribution in [0.2, 0.25) is 0 Å². The van der Waals surface area contributed by atoms with E-state index in [4.69, 9.17) is 4.55 Å². The summed E-state index contributed by atoms with van der Waals surface area (Å²) in [4.78, 5) is 12.2. The van der Waals surface area contributed by atoms with Crippen LogP contribution >= 0.6 is 0 Å². The Morgan fingerprint density at radius 3 is 2.14 bits per heavy atom. The van der Waals surface area contributed by atoms with Crippen LogP contribution in [-0.4, -0.2) is 18.9 Å². The maximum absolute atomic E-state index is 12.4. The van der Waals surface area contributed by atoms with E-state index in [9.17, 15) is 13.2 Å². The first kappa shape index (κ1) is 20.8. The minimum absolute atomic E-state index is 0.270. The molecule has 0 aromatic heterocycles. The lowest BCUT2D eigenvalue weighted by Gasteiger charge is -2.08. The molecule has 2 N–H and O–H groups in total. The number of hydrogen-bond acceptors (Lipinski definition) is 3. The third-order valence-corrected chi connectivity index (χ3v) is 5.49. The van der Waals surface area contributed by atoms with Gasteiger partial charge in [-0.15, -0.1) is 0 Å². The Morgan fingerprint density at radius 1 is 0.931 bits per heavy atom. The number of amides is 1. The van der Waals surface area contributed by atoms with Crippen LogP contribution < -0.4 is 5.32 Å². The van der Waals surface area contributed by atoms with Crippen LogP contribution in [0, 0.1) is 0 Å². The van der Waals surface area contributed by atoms with Crippen LogP contribution in [0.5, 0.6) is 0 Å². The fourth-order valence-electron chi connectivity index (χ4n) is 3.00. The van der Waals surface area contributed by atoms with Gasteiger partial charge in [-0.1, -0.05) is 55.8 Å². The van der Waals surface area contributed by atoms with Gasteiger partial charge in [0, 0.05) is 11.3 Å². The number of carbonyl (C=O) groups excluding carboxylic acids is 1. The molecule has 29 heavy (non-hydrogen) atoms. The average molecular weight is 410 g/mol. The fourth-order valence-corrected chi connectivity index (χ4v) is 3.52. The molecule has 0 bridgehead atoms. The monoisotopic (exact) mass is 409 g/mol. The number of unbranched alkanes of at least 4 members (excludes halogenated alkanes) is 1. The molecule has 0 aliphatic carbocycles. The number of carbonyl (C=O) groups is 1. The number of aryl methyl sites for hydroxylation is 1. The molecule has 0 heterocycles. The minimum atomic E-state index is -4.32. The minimum Gasteiger partial charge on any atom is -0.322 e. The summed E-state index contributed by atoms with van der Waals surface area (Å²) in [6.07, 6.45) is 3.43. The molecule has 0 radical (unpaired) electrons. The van der Waals surface area contributed by atoms with Gasteiger partial charge >= 0.3 is 0 Å². The van der Waals surface area contributed by atoms with Crippen LogP contribution in [0.25, 0.3) is 11.1 Å². The van der Waals surface area contributed by atoms with E-state index < -0.39 is 10.1 Å². The summed E-state index contributed by atoms with van der Waals surface area (Å²) in [6, 6.07) is 21.1. The summed E-state index contributed by atoms with van der Waals surface area (Å²) < 4.78 is 31.6. The normalized spacial score (nSPS) is 11.2. The molecule has 3 rings (SSSR count). The van der Waals surface area contributed by atoms with E-state index in [2.05, 4.69) is 36.5 Å². The van der Waals surface area contributed by atoms with Gasteiger partial charge in [-0.25, -0.2) is 0 Å². The maximum Gasteiger partial charge on any atom is 0.294 e. The SMILES string of the molecule is CCCCc1ccc(-c2ccc(C(=O)Nc3cccc(S(=O)(=O)O)c3)cc2)cc1. The standard InChI is InChI=1S/C23H23NO4S/c1-2-3-5-17-8-10-18(11-9-17)19-12-14-20(15-13-19)23(25)24-21-6-4-7-22(16-21)29(26,27)28/h4,6-16H,2-3,5H2,1H3,(H,24,25)(H,26,27,28). The molecule has 0 atom stereocenters. The number of rotatable bonds is 7. The quantitative estimate of drug-likeness (QED) is 0.526. The first-order valence-corrected chi connectivity index (χ1v) is 10.9. The van der Waals surface area contributed by atoms with Crippen molar-refractivity contribution in [2.24, 2.45) is 0 Å². The molecule has 3 aromatic rings. The topological polar surface area (TPSA) is 83.5 Å². The van der Waals surface area contributed by atoms with E-state index in [1.165, 1.54) is 36.6 Å². The first-order valence-electron chi connectivity index (χ1n) is 9.45. The molecule has 0 saturated carbocycles. The molecule has 0 fully saturated rings. The lowest BCUT2D eigenvalue weighted by atomic mass is 10.0. The van der Waals surface area contributed by atoms with Crippen molar-refractivity contribution in [3.05, 3.63) is 83.9 Å². The van der Waals surface area contributed by atoms with E-state index >= 15 is 0 Å². The number of benzene rings is 3. The zero-order valence-electron chi connectivity index (χ0n) is 16.1. The van der Waals surface area contributed by atoms with Crippen LogP contribution in [0.15, 0.2) is 77.7 Å². The van der Waals surface area contributed by atoms with Gasteiger partial charge in [0.2, 0.25) is 0 Å². The highest BCUT2D eigenvalue weighted by Gasteiger charge is 2.12. The van der Waals surface area contributed by atoms with Gasteiger partial charge < -0.3 is 5.32 Å². The molecule has 6 heteroatoms. The second-order valence-corrected chi connectivity index (χ2v) is 8.26. The highest BCUT2D eigenvalue weighted by molar-refractivity contribution is 7.85. The molecule has 5 nitrogen and oxygen atoms in total. The summed E-state index contributed by atoms with van der Waals surface area (Å²) >= 11 is 0. The summed E-state index contributed by atoms with van der Waals surface area (Å²) in [5.41, 5.74) is 4.15. The zero-order valence-corrected chi connectivity index (χ0v) is 16.9. The van der Waals surface area contributed by atoms with Crippen molar-refractivity contribution >= 4 is 21.7 Å². The Balaban J connectivity index is 1.70. The van der Waals surface area contributed by atoms with Crippen LogP contribution in [-0.2, 0) is 16.5 Å². The first-order chi connectivity index (χ1) is 13.9. The van der Waals surface area contributed by atoms with E-state index in [1.54, 1.807) is 18.2 Å². The average Bonchev–Trinajstić information content (AvgIpc) is 2.72. The predicted molar refractivity (Wildman–Crippen MR) is 115 cm³/mol. The molecular weight excluding hydrogens is 386 g/mol. The number of nitrogens with one attached hydrogen (secondary N) is 1. The molecule has 0 aliphatic rings. The lowest BCUT2D eigenvalue weighted by Crippen LogP contribution is -2.12. The number of hydrogen-bond donors (Lipinski definition) is 2. The highest BCUT2D eigenvalue weighted by Crippen LogP contribution is 2.22. The summed E-state index contributed by atoms with van der Waals surface area (Å²) in [5, 5.41) is 2.64. The third kappa shape index (κ3) is 5.53. The van der Waals surface area contributed by atoms with Gasteiger partial charge in [0.1, 0.15) is 0 Å². The Labute approximate surface area is 171 Å². The van der Waals surface area contributed by atoms with Gasteiger partial charge in [0.15, 0.2) is 0 Å². The summed E-state index contributed by atoms with van der Waals surface area (Å²) in [6.45, 7) is 2.18. The Bertz CT molecular complexity index is 1090. The number of anilines is 1. The van der Waals surface area contributed by atoms with E-state index in [-0.39, 0.29) is 16.5 Å². The zero-order chi connectivity index (χ0) is 20.9. The molecule has 0 unspecified atom stereocenters. The largest absolute Gasteiger partial charge is 0.322 e. The van der Waals surface area contributed by atoms with E-state index in [1.807, 2.05) is 12.1 Å². The third-order valence-electron chi connectivity index (χ3n) is 4.64. The summed E-state index contributed by atoms with van der Waals surface area (Å²) in [7, 11) is -4.32. The van der Waals surface area contributed by atoms with Crippen molar-refractivity contribution in [1.29, 1.82) is 0 Å². The van der Waals surface area contributed by atoms with Crippen molar-refractivity contribution in [3.63, 3.8) is 0 Å². The highest BCUT2D eigenvalue weighted by atomic mass is 32.2. The maximum atomic E-state index is 12.4. The molecule has 1 amide bonds. The van der Waals surface area contributed by atoms with Crippen LogP contribution in [0.4, 0.5) is 5.69 Å². The molecule has 0 saturated heterocycles. The Morgan fingerprint density at radius 2 is 1.55 bits per heavy atom. The van der Waals surface area contributed by atoms with Crippen molar-refractivity contribution in [1.82, 2.24) is 0 Å². The van der Waals surface area contributed by atoms with Gasteiger partial charge in [0.05, 0.1) is 4.90 Å². The lowest BCUT2D eigenvalue weighted by molar-refractivity contribution is 0.102. The van der Waals surface area contributed by atoms with Crippen molar-refractivity contribution in [2.45, 2.75) is 31.1 Å². The molecule has 0 spiro atoms. The predicted octanol–water partition coefficient (Wildman–Crippen LogP) is 5.20. The Hall–Kier alpha value is -2.96. The second kappa shape index (κ2) is 9.03. The molecule has 0 aliphatic heterocycles. The van der Waals surface area contributed by atoms with Gasteiger partial charge in [-0.05, 0) is 59.9 Å². The second-order valence-electron chi connectivity index (χ2n) is 6.83. The Kier molecular flexibility index (Phi) is 6.46. The molecule has 150 valence electrons. The van der Waals surface area contributed by atoms with Crippen molar-refractivity contribution in [3.8, 4) is 11.1 Å². The fraction of sp³-hybridized carbons (Fsp3) is 0.174. The van der Waals surface area contributed by atoms with E-state index in [0.29, 0.717) is 5.56 Å². The van der Waals surface area contributed by atoms with Crippen molar-refractivity contribution in [2.75, 3.05) is 5.32 Å². The van der Waals surface area contributed by atoms with Crippen LogP contribution in [0.1, 0.15) is 35.7 Å². The molecular formula is C23H23NO4S.